The van der Waals surface area contributed by atoms with Gasteiger partial charge in [-0.2, -0.15) is 4.31 Å². The maximum absolute atomic E-state index is 13.0. The van der Waals surface area contributed by atoms with E-state index in [-0.39, 0.29) is 23.9 Å². The van der Waals surface area contributed by atoms with Crippen LogP contribution in [0.25, 0.3) is 0 Å². The normalized spacial score (nSPS) is 11.7. The monoisotopic (exact) mass is 378 g/mol. The van der Waals surface area contributed by atoms with Crippen molar-refractivity contribution >= 4 is 15.9 Å². The highest BCUT2D eigenvalue weighted by molar-refractivity contribution is 7.89. The number of hydrogen-bond donors (Lipinski definition) is 1. The zero-order valence-electron chi connectivity index (χ0n) is 15.4. The van der Waals surface area contributed by atoms with E-state index >= 15 is 0 Å². The van der Waals surface area contributed by atoms with Gasteiger partial charge in [0.15, 0.2) is 0 Å². The van der Waals surface area contributed by atoms with Crippen molar-refractivity contribution in [2.45, 2.75) is 11.3 Å². The standard InChI is InChI=1S/C18H26N4O3S/c1-20(2)18(23)17-13-16(14-21(17)3)26(24,25)22(12-10-19)11-9-15-7-5-4-6-8-15/h4-8,13-14H,9-12,19H2,1-3H3. The third-order valence-electron chi connectivity index (χ3n) is 4.11. The topological polar surface area (TPSA) is 88.6 Å². The molecule has 8 heteroatoms. The van der Waals surface area contributed by atoms with E-state index in [1.54, 1.807) is 21.1 Å². The minimum Gasteiger partial charge on any atom is -0.345 e. The second kappa shape index (κ2) is 8.48. The van der Waals surface area contributed by atoms with Gasteiger partial charge in [0.2, 0.25) is 10.0 Å². The Hall–Kier alpha value is -2.16. The lowest BCUT2D eigenvalue weighted by molar-refractivity contribution is 0.0818. The number of aromatic nitrogens is 1. The fourth-order valence-electron chi connectivity index (χ4n) is 2.66. The van der Waals surface area contributed by atoms with Gasteiger partial charge in [0.05, 0.1) is 0 Å². The van der Waals surface area contributed by atoms with Crippen LogP contribution < -0.4 is 5.73 Å². The van der Waals surface area contributed by atoms with Crippen LogP contribution in [0.1, 0.15) is 16.1 Å². The van der Waals surface area contributed by atoms with Gasteiger partial charge < -0.3 is 15.2 Å². The Morgan fingerprint density at radius 2 is 1.81 bits per heavy atom. The summed E-state index contributed by atoms with van der Waals surface area (Å²) in [6, 6.07) is 11.1. The Balaban J connectivity index is 2.26. The second-order valence-electron chi connectivity index (χ2n) is 6.30. The fraction of sp³-hybridized carbons (Fsp3) is 0.389. The number of hydrogen-bond acceptors (Lipinski definition) is 4. The summed E-state index contributed by atoms with van der Waals surface area (Å²) in [5.74, 6) is -0.247. The molecule has 1 aromatic carbocycles. The predicted octanol–water partition coefficient (Wildman–Crippen LogP) is 0.919. The molecular weight excluding hydrogens is 352 g/mol. The van der Waals surface area contributed by atoms with Gasteiger partial charge in [-0.25, -0.2) is 8.42 Å². The number of rotatable bonds is 8. The zero-order chi connectivity index (χ0) is 19.3. The molecule has 7 nitrogen and oxygen atoms in total. The summed E-state index contributed by atoms with van der Waals surface area (Å²) in [7, 11) is 1.19. The van der Waals surface area contributed by atoms with Crippen molar-refractivity contribution < 1.29 is 13.2 Å². The first-order valence-corrected chi connectivity index (χ1v) is 9.83. The van der Waals surface area contributed by atoms with E-state index in [0.717, 1.165) is 5.56 Å². The minimum atomic E-state index is -3.73. The summed E-state index contributed by atoms with van der Waals surface area (Å²) in [5, 5.41) is 0. The predicted molar refractivity (Wildman–Crippen MR) is 101 cm³/mol. The molecule has 0 aliphatic heterocycles. The van der Waals surface area contributed by atoms with Gasteiger partial charge in [-0.1, -0.05) is 30.3 Å². The highest BCUT2D eigenvalue weighted by atomic mass is 32.2. The molecule has 2 aromatic rings. The van der Waals surface area contributed by atoms with Crippen molar-refractivity contribution in [2.75, 3.05) is 33.7 Å². The molecule has 2 N–H and O–H groups in total. The molecule has 26 heavy (non-hydrogen) atoms. The van der Waals surface area contributed by atoms with Crippen LogP contribution >= 0.6 is 0 Å². The highest BCUT2D eigenvalue weighted by Gasteiger charge is 2.27. The van der Waals surface area contributed by atoms with Crippen LogP contribution in [-0.2, 0) is 23.5 Å². The van der Waals surface area contributed by atoms with Crippen LogP contribution in [0.15, 0.2) is 47.5 Å². The molecule has 0 aliphatic carbocycles. The van der Waals surface area contributed by atoms with Crippen molar-refractivity contribution in [3.05, 3.63) is 53.9 Å². The van der Waals surface area contributed by atoms with Crippen molar-refractivity contribution in [3.8, 4) is 0 Å². The number of sulfonamides is 1. The molecule has 0 saturated carbocycles. The van der Waals surface area contributed by atoms with E-state index in [2.05, 4.69) is 0 Å². The Labute approximate surface area is 155 Å². The molecule has 0 unspecified atom stereocenters. The summed E-state index contributed by atoms with van der Waals surface area (Å²) in [6.45, 7) is 0.779. The van der Waals surface area contributed by atoms with Gasteiger partial charge in [0.25, 0.3) is 5.91 Å². The highest BCUT2D eigenvalue weighted by Crippen LogP contribution is 2.19. The average Bonchev–Trinajstić information content (AvgIpc) is 3.01. The Morgan fingerprint density at radius 1 is 1.15 bits per heavy atom. The van der Waals surface area contributed by atoms with Crippen LogP contribution in [0.3, 0.4) is 0 Å². The number of aryl methyl sites for hydroxylation is 1. The van der Waals surface area contributed by atoms with Gasteiger partial charge in [0, 0.05) is 47.0 Å². The molecule has 0 bridgehead atoms. The molecule has 0 spiro atoms. The number of nitrogens with two attached hydrogens (primary N) is 1. The Kier molecular flexibility index (Phi) is 6.57. The Morgan fingerprint density at radius 3 is 2.38 bits per heavy atom. The van der Waals surface area contributed by atoms with E-state index < -0.39 is 10.0 Å². The van der Waals surface area contributed by atoms with Crippen LogP contribution in [-0.4, -0.2) is 61.8 Å². The molecule has 0 saturated heterocycles. The molecule has 1 heterocycles. The zero-order valence-corrected chi connectivity index (χ0v) is 16.2. The van der Waals surface area contributed by atoms with Gasteiger partial charge in [-0.15, -0.1) is 0 Å². The van der Waals surface area contributed by atoms with Gasteiger partial charge in [-0.3, -0.25) is 4.79 Å². The summed E-state index contributed by atoms with van der Waals surface area (Å²) in [6.07, 6.45) is 2.06. The van der Waals surface area contributed by atoms with Gasteiger partial charge in [-0.05, 0) is 18.1 Å². The first-order chi connectivity index (χ1) is 12.3. The van der Waals surface area contributed by atoms with Crippen molar-refractivity contribution in [3.63, 3.8) is 0 Å². The number of amides is 1. The third kappa shape index (κ3) is 4.51. The van der Waals surface area contributed by atoms with E-state index in [4.69, 9.17) is 5.73 Å². The molecule has 0 aliphatic rings. The molecule has 1 aromatic heterocycles. The summed E-state index contributed by atoms with van der Waals surface area (Å²) in [4.78, 5) is 13.7. The molecule has 0 atom stereocenters. The molecule has 142 valence electrons. The van der Waals surface area contributed by atoms with Crippen LogP contribution in [0.4, 0.5) is 0 Å². The van der Waals surface area contributed by atoms with E-state index in [9.17, 15) is 13.2 Å². The lowest BCUT2D eigenvalue weighted by atomic mass is 10.1. The lowest BCUT2D eigenvalue weighted by Crippen LogP contribution is -2.36. The Bertz CT molecular complexity index is 845. The third-order valence-corrected chi connectivity index (χ3v) is 5.98. The van der Waals surface area contributed by atoms with Crippen LogP contribution in [0.5, 0.6) is 0 Å². The molecule has 0 fully saturated rings. The maximum atomic E-state index is 13.0. The quantitative estimate of drug-likeness (QED) is 0.740. The van der Waals surface area contributed by atoms with E-state index in [0.29, 0.717) is 18.7 Å². The largest absolute Gasteiger partial charge is 0.345 e. The number of carbonyl (C=O) groups is 1. The molecule has 1 amide bonds. The second-order valence-corrected chi connectivity index (χ2v) is 8.24. The van der Waals surface area contributed by atoms with E-state index in [1.165, 1.54) is 26.0 Å². The summed E-state index contributed by atoms with van der Waals surface area (Å²) >= 11 is 0. The molecule has 2 rings (SSSR count). The van der Waals surface area contributed by atoms with Crippen molar-refractivity contribution in [2.24, 2.45) is 12.8 Å². The number of benzene rings is 1. The minimum absolute atomic E-state index is 0.103. The maximum Gasteiger partial charge on any atom is 0.269 e. The summed E-state index contributed by atoms with van der Waals surface area (Å²) < 4.78 is 29.0. The smallest absolute Gasteiger partial charge is 0.269 e. The van der Waals surface area contributed by atoms with Gasteiger partial charge in [0.1, 0.15) is 10.6 Å². The average molecular weight is 378 g/mol. The number of nitrogens with zero attached hydrogens (tertiary/aromatic N) is 3. The molecule has 0 radical (unpaired) electrons. The first kappa shape index (κ1) is 20.2. The number of carbonyl (C=O) groups excluding carboxylic acids is 1. The van der Waals surface area contributed by atoms with Gasteiger partial charge >= 0.3 is 0 Å². The lowest BCUT2D eigenvalue weighted by Gasteiger charge is -2.21. The van der Waals surface area contributed by atoms with Crippen molar-refractivity contribution in [1.29, 1.82) is 0 Å². The van der Waals surface area contributed by atoms with Crippen molar-refractivity contribution in [1.82, 2.24) is 13.8 Å². The summed E-state index contributed by atoms with van der Waals surface area (Å²) in [5.41, 5.74) is 7.00. The first-order valence-electron chi connectivity index (χ1n) is 8.39. The van der Waals surface area contributed by atoms with Crippen LogP contribution in [0, 0.1) is 0 Å². The fourth-order valence-corrected chi connectivity index (χ4v) is 4.19. The molecular formula is C18H26N4O3S. The van der Waals surface area contributed by atoms with E-state index in [1.807, 2.05) is 30.3 Å². The van der Waals surface area contributed by atoms with Crippen LogP contribution in [0.2, 0.25) is 0 Å². The SMILES string of the molecule is CN(C)C(=O)c1cc(S(=O)(=O)N(CCN)CCc2ccccc2)cn1C.